The van der Waals surface area contributed by atoms with Crippen LogP contribution in [0.4, 0.5) is 14.9 Å². The maximum absolute atomic E-state index is 16.2. The highest BCUT2D eigenvalue weighted by molar-refractivity contribution is 7.80. The summed E-state index contributed by atoms with van der Waals surface area (Å²) in [5, 5.41) is 20.6. The fraction of sp³-hybridized carbons (Fsp3) is 0.597. The fourth-order valence-corrected chi connectivity index (χ4v) is 11.2. The van der Waals surface area contributed by atoms with Crippen molar-refractivity contribution in [2.24, 2.45) is 23.5 Å². The van der Waals surface area contributed by atoms with E-state index in [1.807, 2.05) is 26.8 Å². The molecule has 2 aromatic carbocycles. The number of hydrogen-bond donors (Lipinski definition) is 5. The lowest BCUT2D eigenvalue weighted by Gasteiger charge is -2.41. The summed E-state index contributed by atoms with van der Waals surface area (Å²) in [7, 11) is 5.67. The van der Waals surface area contributed by atoms with Crippen LogP contribution in [0.25, 0.3) is 0 Å². The minimum absolute atomic E-state index is 0.0373. The zero-order valence-corrected chi connectivity index (χ0v) is 53.2. The number of halogens is 2. The van der Waals surface area contributed by atoms with Crippen LogP contribution in [0.15, 0.2) is 54.1 Å². The second-order valence-corrected chi connectivity index (χ2v) is 24.0. The van der Waals surface area contributed by atoms with Gasteiger partial charge in [0.05, 0.1) is 74.8 Å². The van der Waals surface area contributed by atoms with Crippen molar-refractivity contribution in [1.82, 2.24) is 20.9 Å². The SMILES string of the molecule is COc1cc2cc(c1Cl)N(C)C(=O)C[C@H](OC(=O)[C@H](C)N(C)C(=O)c1ccc(CC(=O)[C@H](CCCNC(N)=O)NC(=O)[C@@H](CC(=S)NCCOCCOCCC(C)=O)C(C)C)cc1F)[C@]1(C)O[C@H]1[C@H](C)[C@@H]1C[C@@](O)(CC(=O)O1)[C@H](OC)/C=C/C=C(\C)C2. The number of anilines is 1. The number of rotatable bonds is 27. The molecular formula is C62H86ClFN6O16S. The molecule has 6 N–H and O–H groups in total. The maximum Gasteiger partial charge on any atom is 0.328 e. The molecule has 0 saturated carbocycles. The summed E-state index contributed by atoms with van der Waals surface area (Å²) in [6.07, 6.45) is 1.30. The Kier molecular flexibility index (Phi) is 26.8. The van der Waals surface area contributed by atoms with Gasteiger partial charge in [-0.15, -0.1) is 0 Å². The molecule has 0 aromatic heterocycles. The Balaban J connectivity index is 1.31. The third-order valence-corrected chi connectivity index (χ3v) is 16.8. The molecule has 0 spiro atoms. The number of allylic oxidation sites excluding steroid dienone is 3. The number of methoxy groups -OCH3 is 2. The average molecular weight is 1260 g/mol. The first-order valence-corrected chi connectivity index (χ1v) is 30.0. The minimum Gasteiger partial charge on any atom is -0.495 e. The van der Waals surface area contributed by atoms with Crippen molar-refractivity contribution in [3.8, 4) is 5.75 Å². The van der Waals surface area contributed by atoms with E-state index in [2.05, 4.69) is 16.0 Å². The van der Waals surface area contributed by atoms with Gasteiger partial charge in [-0.3, -0.25) is 28.8 Å². The van der Waals surface area contributed by atoms with Gasteiger partial charge in [0.1, 0.15) is 57.9 Å². The second kappa shape index (κ2) is 32.7. The van der Waals surface area contributed by atoms with Crippen molar-refractivity contribution in [2.45, 2.75) is 154 Å². The van der Waals surface area contributed by atoms with Crippen LogP contribution in [-0.4, -0.2) is 178 Å². The molecule has 3 aliphatic rings. The third kappa shape index (κ3) is 20.0. The molecule has 5 rings (SSSR count). The monoisotopic (exact) mass is 1260 g/mol. The number of carbonyl (C=O) groups is 8. The number of nitrogens with one attached hydrogen (secondary N) is 3. The van der Waals surface area contributed by atoms with Crippen molar-refractivity contribution >= 4 is 81.8 Å². The van der Waals surface area contributed by atoms with Gasteiger partial charge in [0.25, 0.3) is 5.91 Å². The summed E-state index contributed by atoms with van der Waals surface area (Å²) in [6.45, 7) is 13.6. The first-order chi connectivity index (χ1) is 41.0. The molecule has 0 unspecified atom stereocenters. The number of primary amides is 1. The van der Waals surface area contributed by atoms with Gasteiger partial charge in [-0.2, -0.15) is 0 Å². The number of nitrogens with zero attached hydrogens (tertiary/aromatic N) is 2. The van der Waals surface area contributed by atoms with E-state index in [4.69, 9.17) is 62.7 Å². The van der Waals surface area contributed by atoms with Crippen LogP contribution >= 0.6 is 23.8 Å². The van der Waals surface area contributed by atoms with Gasteiger partial charge in [-0.05, 0) is 88.3 Å². The van der Waals surface area contributed by atoms with Gasteiger partial charge in [0.15, 0.2) is 5.78 Å². The van der Waals surface area contributed by atoms with E-state index in [0.717, 1.165) is 22.1 Å². The summed E-state index contributed by atoms with van der Waals surface area (Å²) >= 11 is 12.4. The van der Waals surface area contributed by atoms with Crippen molar-refractivity contribution < 1.29 is 81.0 Å². The number of likely N-dealkylation sites (N-methyl/N-ethyl adjacent to an activating group) is 1. The molecule has 2 fully saturated rings. The number of ketones is 2. The molecule has 3 heterocycles. The summed E-state index contributed by atoms with van der Waals surface area (Å²) in [5.41, 5.74) is 3.84. The molecule has 5 amide bonds. The lowest BCUT2D eigenvalue weighted by molar-refractivity contribution is -0.187. The molecule has 0 aliphatic carbocycles. The molecule has 3 aliphatic heterocycles. The Morgan fingerprint density at radius 2 is 1.72 bits per heavy atom. The minimum atomic E-state index is -1.68. The van der Waals surface area contributed by atoms with E-state index in [0.29, 0.717) is 62.2 Å². The molecule has 10 atom stereocenters. The van der Waals surface area contributed by atoms with Crippen LogP contribution in [-0.2, 0) is 70.0 Å². The number of carbonyl (C=O) groups excluding carboxylic acids is 8. The molecule has 0 radical (unpaired) electrons. The molecule has 22 nitrogen and oxygen atoms in total. The fourth-order valence-electron chi connectivity index (χ4n) is 10.6. The summed E-state index contributed by atoms with van der Waals surface area (Å²) in [6, 6.07) is 3.84. The summed E-state index contributed by atoms with van der Waals surface area (Å²) in [5.74, 6) is -6.20. The van der Waals surface area contributed by atoms with Gasteiger partial charge in [0, 0.05) is 71.8 Å². The highest BCUT2D eigenvalue weighted by Gasteiger charge is 2.64. The van der Waals surface area contributed by atoms with E-state index in [9.17, 15) is 43.5 Å². The van der Waals surface area contributed by atoms with Crippen LogP contribution in [0, 0.1) is 23.6 Å². The van der Waals surface area contributed by atoms with Crippen LogP contribution in [0.5, 0.6) is 5.75 Å². The molecule has 2 aromatic rings. The number of benzene rings is 2. The Morgan fingerprint density at radius 3 is 2.37 bits per heavy atom. The van der Waals surface area contributed by atoms with E-state index in [1.54, 1.807) is 38.1 Å². The molecular weight excluding hydrogens is 1170 g/mol. The lowest BCUT2D eigenvalue weighted by Crippen LogP contribution is -2.53. The van der Waals surface area contributed by atoms with E-state index < -0.39 is 119 Å². The first kappa shape index (κ1) is 71.3. The number of Topliss-reactive ketones (excluding diaryl/α,β-unsaturated/α-hetero) is 2. The van der Waals surface area contributed by atoms with Gasteiger partial charge in [0.2, 0.25) is 11.8 Å². The van der Waals surface area contributed by atoms with E-state index in [-0.39, 0.29) is 67.4 Å². The Bertz CT molecular complexity index is 2890. The number of epoxide rings is 1. The number of nitrogens with two attached hydrogens (primary N) is 1. The topological polar surface area (TPSA) is 293 Å². The molecule has 2 saturated heterocycles. The predicted molar refractivity (Wildman–Crippen MR) is 326 cm³/mol. The van der Waals surface area contributed by atoms with Gasteiger partial charge in [-0.1, -0.05) is 74.5 Å². The number of esters is 2. The van der Waals surface area contributed by atoms with E-state index in [1.165, 1.54) is 59.2 Å². The van der Waals surface area contributed by atoms with Gasteiger partial charge in [-0.25, -0.2) is 14.0 Å². The number of fused-ring (bicyclic) bond motifs is 5. The maximum atomic E-state index is 16.2. The normalized spacial score (nSPS) is 24.2. The van der Waals surface area contributed by atoms with Crippen LogP contribution in [0.1, 0.15) is 115 Å². The lowest BCUT2D eigenvalue weighted by atomic mass is 9.78. The Morgan fingerprint density at radius 1 is 1.02 bits per heavy atom. The van der Waals surface area contributed by atoms with Gasteiger partial charge >= 0.3 is 18.0 Å². The molecule has 480 valence electrons. The number of amides is 5. The number of thiocarbonyl (C=S) groups is 1. The molecule has 87 heavy (non-hydrogen) atoms. The van der Waals surface area contributed by atoms with Crippen molar-refractivity contribution in [3.63, 3.8) is 0 Å². The quantitative estimate of drug-likeness (QED) is 0.0303. The van der Waals surface area contributed by atoms with Crippen LogP contribution < -0.4 is 31.3 Å². The number of urea groups is 1. The summed E-state index contributed by atoms with van der Waals surface area (Å²) < 4.78 is 56.8. The van der Waals surface area contributed by atoms with Gasteiger partial charge < -0.3 is 69.7 Å². The second-order valence-electron chi connectivity index (χ2n) is 23.2. The first-order valence-electron chi connectivity index (χ1n) is 29.2. The van der Waals surface area contributed by atoms with Crippen LogP contribution in [0.3, 0.4) is 0 Å². The van der Waals surface area contributed by atoms with Crippen molar-refractivity contribution in [2.75, 3.05) is 72.7 Å². The number of hydrogen-bond acceptors (Lipinski definition) is 17. The predicted octanol–water partition coefficient (Wildman–Crippen LogP) is 5.85. The molecule has 25 heteroatoms. The zero-order valence-electron chi connectivity index (χ0n) is 51.6. The number of ether oxygens (including phenoxy) is 7. The Hall–Kier alpha value is -6.41. The highest BCUT2D eigenvalue weighted by Crippen LogP contribution is 2.50. The summed E-state index contributed by atoms with van der Waals surface area (Å²) in [4.78, 5) is 109. The van der Waals surface area contributed by atoms with Crippen molar-refractivity contribution in [3.05, 3.63) is 81.7 Å². The Labute approximate surface area is 519 Å². The zero-order chi connectivity index (χ0) is 64.5. The number of aliphatic hydroxyl groups is 1. The third-order valence-electron chi connectivity index (χ3n) is 16.1. The average Bonchev–Trinajstić information content (AvgIpc) is 1.67. The largest absolute Gasteiger partial charge is 0.495 e. The van der Waals surface area contributed by atoms with Crippen LogP contribution in [0.2, 0.25) is 5.02 Å². The smallest absolute Gasteiger partial charge is 0.328 e. The van der Waals surface area contributed by atoms with E-state index >= 15 is 4.39 Å². The standard InChI is InChI=1S/C62H86ClFN6O16S/c1-35(2)43(31-52(87)66-21-23-83-25-24-82-22-19-37(4)71)57(75)68-45(15-13-20-67-60(65)78)47(72)29-40-17-18-42(44(64)27-40)58(76)69(8)39(6)59(77)85-51-32-53(73)70(9)46-28-41(30-48(80-10)55(46)63)26-36(3)14-12-16-50(81-11)62(79)33-49(84-54(74)34-62)38(5)56-61(51,7)86-56/h12,14,16-18,27-28,30,35,38-39,43,45,49-51,56,79H,13,15,19-26,29,31-34H2,1-11H3,(H,66,87)(H,68,75)(H3,65,67,78)/b16-12+,36-14+/t38-,39+,43+,45+,49+,50-,51+,56+,61+,62-/m1/s1. The highest BCUT2D eigenvalue weighted by atomic mass is 35.5. The van der Waals surface area contributed by atoms with Crippen molar-refractivity contribution in [1.29, 1.82) is 0 Å². The molecule has 4 bridgehead atoms.